The molecule has 1 aliphatic heterocycles. The Morgan fingerprint density at radius 3 is 1.73 bits per heavy atom. The third-order valence-corrected chi connectivity index (χ3v) is 5.56. The maximum atomic E-state index is 9.96. The minimum atomic E-state index is -0.446. The molecular weight excluding hydrogens is 416 g/mol. The molecule has 1 N–H and O–H groups in total. The van der Waals surface area contributed by atoms with Gasteiger partial charge in [-0.1, -0.05) is 91.0 Å². The number of hydrogen-bond acceptors (Lipinski definition) is 5. The summed E-state index contributed by atoms with van der Waals surface area (Å²) in [4.78, 5) is 0. The van der Waals surface area contributed by atoms with Gasteiger partial charge in [-0.2, -0.15) is 0 Å². The first kappa shape index (κ1) is 23.2. The molecule has 3 aromatic rings. The first-order valence-corrected chi connectivity index (χ1v) is 11.2. The molecule has 3 atom stereocenters. The Balaban J connectivity index is 1.47. The molecule has 0 fully saturated rings. The van der Waals surface area contributed by atoms with E-state index < -0.39 is 12.2 Å². The number of aliphatic hydroxyl groups excluding tert-OH is 1. The van der Waals surface area contributed by atoms with E-state index in [1.807, 2.05) is 91.0 Å². The van der Waals surface area contributed by atoms with Crippen LogP contribution in [0.4, 0.5) is 0 Å². The Kier molecular flexibility index (Phi) is 8.67. The minimum Gasteiger partial charge on any atom is -0.493 e. The second kappa shape index (κ2) is 12.3. The molecule has 0 aromatic heterocycles. The summed E-state index contributed by atoms with van der Waals surface area (Å²) < 4.78 is 24.5. The fraction of sp³-hybridized carbons (Fsp3) is 0.286. The van der Waals surface area contributed by atoms with Crippen LogP contribution in [0.5, 0.6) is 0 Å². The number of benzene rings is 3. The molecule has 0 bridgehead atoms. The van der Waals surface area contributed by atoms with Crippen molar-refractivity contribution in [2.24, 2.45) is 0 Å². The molecule has 5 nitrogen and oxygen atoms in total. The monoisotopic (exact) mass is 446 g/mol. The lowest BCUT2D eigenvalue weighted by Crippen LogP contribution is -2.48. The third-order valence-electron chi connectivity index (χ3n) is 5.56. The lowest BCUT2D eigenvalue weighted by molar-refractivity contribution is -0.153. The molecule has 1 aliphatic rings. The molecule has 1 heterocycles. The van der Waals surface area contributed by atoms with Crippen molar-refractivity contribution >= 4 is 0 Å². The van der Waals surface area contributed by atoms with Crippen LogP contribution in [0.25, 0.3) is 0 Å². The predicted molar refractivity (Wildman–Crippen MR) is 126 cm³/mol. The molecule has 0 spiro atoms. The normalized spacial score (nSPS) is 20.2. The summed E-state index contributed by atoms with van der Waals surface area (Å²) >= 11 is 0. The van der Waals surface area contributed by atoms with Crippen molar-refractivity contribution in [3.63, 3.8) is 0 Å². The molecule has 0 saturated carbocycles. The van der Waals surface area contributed by atoms with E-state index >= 15 is 0 Å². The average Bonchev–Trinajstić information content (AvgIpc) is 2.88. The molecule has 0 amide bonds. The SMILES string of the molecule is OCC1=CO[C@H](COCc2ccccc2)[C@H](OCc2ccccc2)[C@H]1OCc1ccccc1. The molecule has 0 saturated heterocycles. The zero-order valence-corrected chi connectivity index (χ0v) is 18.6. The molecule has 5 heteroatoms. The van der Waals surface area contributed by atoms with E-state index in [-0.39, 0.29) is 12.7 Å². The van der Waals surface area contributed by atoms with Crippen LogP contribution in [0.15, 0.2) is 103 Å². The lowest BCUT2D eigenvalue weighted by Gasteiger charge is -2.37. The van der Waals surface area contributed by atoms with E-state index in [4.69, 9.17) is 18.9 Å². The second-order valence-electron chi connectivity index (χ2n) is 8.00. The smallest absolute Gasteiger partial charge is 0.150 e. The predicted octanol–water partition coefficient (Wildman–Crippen LogP) is 4.65. The van der Waals surface area contributed by atoms with Crippen LogP contribution < -0.4 is 0 Å². The van der Waals surface area contributed by atoms with Crippen molar-refractivity contribution in [1.82, 2.24) is 0 Å². The van der Waals surface area contributed by atoms with Crippen LogP contribution in [0.2, 0.25) is 0 Å². The molecule has 0 radical (unpaired) electrons. The van der Waals surface area contributed by atoms with Gasteiger partial charge in [0, 0.05) is 5.57 Å². The van der Waals surface area contributed by atoms with E-state index in [0.717, 1.165) is 16.7 Å². The standard InChI is InChI=1S/C28H30O5/c29-16-25-20-31-26(21-30-17-22-10-4-1-5-11-22)28(33-19-24-14-8-3-9-15-24)27(25)32-18-23-12-6-2-7-13-23/h1-15,20,26-29H,16-19,21H2/t26-,27+,28+/m1/s1. The first-order chi connectivity index (χ1) is 16.3. The second-order valence-corrected chi connectivity index (χ2v) is 8.00. The summed E-state index contributed by atoms with van der Waals surface area (Å²) in [5.74, 6) is 0. The summed E-state index contributed by atoms with van der Waals surface area (Å²) in [6, 6.07) is 30.0. The molecule has 0 unspecified atom stereocenters. The van der Waals surface area contributed by atoms with Gasteiger partial charge in [0.05, 0.1) is 39.3 Å². The Labute approximate surface area is 195 Å². The zero-order valence-electron chi connectivity index (χ0n) is 18.6. The number of ether oxygens (including phenoxy) is 4. The van der Waals surface area contributed by atoms with E-state index in [0.29, 0.717) is 32.0 Å². The van der Waals surface area contributed by atoms with Crippen molar-refractivity contribution in [2.45, 2.75) is 38.1 Å². The average molecular weight is 447 g/mol. The summed E-state index contributed by atoms with van der Waals surface area (Å²) in [5, 5.41) is 9.96. The highest BCUT2D eigenvalue weighted by Gasteiger charge is 2.38. The summed E-state index contributed by atoms with van der Waals surface area (Å²) in [7, 11) is 0. The summed E-state index contributed by atoms with van der Waals surface area (Å²) in [5.41, 5.74) is 3.87. The highest BCUT2D eigenvalue weighted by Crippen LogP contribution is 2.27. The van der Waals surface area contributed by atoms with E-state index in [1.54, 1.807) is 6.26 Å². The van der Waals surface area contributed by atoms with E-state index in [1.165, 1.54) is 0 Å². The van der Waals surface area contributed by atoms with Crippen molar-refractivity contribution in [3.8, 4) is 0 Å². The Bertz CT molecular complexity index is 975. The fourth-order valence-electron chi connectivity index (χ4n) is 3.78. The topological polar surface area (TPSA) is 57.2 Å². The van der Waals surface area contributed by atoms with Crippen molar-refractivity contribution in [1.29, 1.82) is 0 Å². The number of aliphatic hydroxyl groups is 1. The van der Waals surface area contributed by atoms with Gasteiger partial charge >= 0.3 is 0 Å². The fourth-order valence-corrected chi connectivity index (χ4v) is 3.78. The van der Waals surface area contributed by atoms with Crippen LogP contribution in [0, 0.1) is 0 Å². The van der Waals surface area contributed by atoms with Crippen LogP contribution in [-0.4, -0.2) is 36.6 Å². The molecule has 3 aromatic carbocycles. The molecule has 4 rings (SSSR count). The van der Waals surface area contributed by atoms with Crippen LogP contribution >= 0.6 is 0 Å². The third kappa shape index (κ3) is 6.76. The Hall–Kier alpha value is -2.96. The molecule has 172 valence electrons. The largest absolute Gasteiger partial charge is 0.493 e. The van der Waals surface area contributed by atoms with Gasteiger partial charge < -0.3 is 24.1 Å². The van der Waals surface area contributed by atoms with Crippen LogP contribution in [0.1, 0.15) is 16.7 Å². The van der Waals surface area contributed by atoms with Crippen LogP contribution in [-0.2, 0) is 38.8 Å². The van der Waals surface area contributed by atoms with Crippen molar-refractivity contribution < 1.29 is 24.1 Å². The quantitative estimate of drug-likeness (QED) is 0.465. The maximum absolute atomic E-state index is 9.96. The summed E-state index contributed by atoms with van der Waals surface area (Å²) in [6.07, 6.45) is 0.345. The van der Waals surface area contributed by atoms with Crippen molar-refractivity contribution in [2.75, 3.05) is 13.2 Å². The van der Waals surface area contributed by atoms with Gasteiger partial charge in [0.15, 0.2) is 0 Å². The number of rotatable bonds is 11. The van der Waals surface area contributed by atoms with E-state index in [2.05, 4.69) is 0 Å². The van der Waals surface area contributed by atoms with Crippen molar-refractivity contribution in [3.05, 3.63) is 120 Å². The van der Waals surface area contributed by atoms with Gasteiger partial charge in [0.2, 0.25) is 0 Å². The molecular formula is C28H30O5. The van der Waals surface area contributed by atoms with Gasteiger partial charge in [-0.15, -0.1) is 0 Å². The Morgan fingerprint density at radius 2 is 1.18 bits per heavy atom. The minimum absolute atomic E-state index is 0.164. The molecule has 0 aliphatic carbocycles. The van der Waals surface area contributed by atoms with Gasteiger partial charge in [-0.3, -0.25) is 0 Å². The number of hydrogen-bond donors (Lipinski definition) is 1. The van der Waals surface area contributed by atoms with Gasteiger partial charge in [-0.05, 0) is 16.7 Å². The zero-order chi connectivity index (χ0) is 22.7. The Morgan fingerprint density at radius 1 is 0.667 bits per heavy atom. The van der Waals surface area contributed by atoms with Gasteiger partial charge in [0.1, 0.15) is 18.3 Å². The van der Waals surface area contributed by atoms with E-state index in [9.17, 15) is 5.11 Å². The maximum Gasteiger partial charge on any atom is 0.150 e. The highest BCUT2D eigenvalue weighted by molar-refractivity contribution is 5.18. The highest BCUT2D eigenvalue weighted by atomic mass is 16.6. The first-order valence-electron chi connectivity index (χ1n) is 11.2. The van der Waals surface area contributed by atoms with Gasteiger partial charge in [0.25, 0.3) is 0 Å². The summed E-state index contributed by atoms with van der Waals surface area (Å²) in [6.45, 7) is 1.48. The van der Waals surface area contributed by atoms with Crippen LogP contribution in [0.3, 0.4) is 0 Å². The molecule has 33 heavy (non-hydrogen) atoms. The lowest BCUT2D eigenvalue weighted by atomic mass is 9.98. The van der Waals surface area contributed by atoms with Gasteiger partial charge in [-0.25, -0.2) is 0 Å².